The number of benzene rings is 3. The van der Waals surface area contributed by atoms with E-state index in [2.05, 4.69) is 79.5 Å². The molecule has 0 saturated heterocycles. The number of aliphatic hydroxyl groups is 1. The van der Waals surface area contributed by atoms with Crippen LogP contribution in [0, 0.1) is 10.8 Å². The van der Waals surface area contributed by atoms with Gasteiger partial charge < -0.3 is 10.0 Å². The lowest BCUT2D eigenvalue weighted by Crippen LogP contribution is -2.57. The minimum atomic E-state index is -0.570. The minimum absolute atomic E-state index is 0.268. The molecule has 3 nitrogen and oxygen atoms in total. The molecule has 3 atom stereocenters. The first kappa shape index (κ1) is 24.4. The van der Waals surface area contributed by atoms with Crippen LogP contribution in [-0.4, -0.2) is 35.5 Å². The summed E-state index contributed by atoms with van der Waals surface area (Å²) in [7, 11) is 2.11. The van der Waals surface area contributed by atoms with Crippen LogP contribution in [0.4, 0.5) is 0 Å². The number of aliphatic hydroxyl groups excluding tert-OH is 1. The van der Waals surface area contributed by atoms with Gasteiger partial charge in [-0.2, -0.15) is 0 Å². The molecular weight excluding hydrogens is 418 g/mol. The van der Waals surface area contributed by atoms with Crippen molar-refractivity contribution >= 4 is 5.78 Å². The normalized spacial score (nSPS) is 24.9. The molecule has 34 heavy (non-hydrogen) atoms. The van der Waals surface area contributed by atoms with Gasteiger partial charge in [0.25, 0.3) is 0 Å². The lowest BCUT2D eigenvalue weighted by Gasteiger charge is -2.52. The first-order chi connectivity index (χ1) is 16.4. The quantitative estimate of drug-likeness (QED) is 0.449. The zero-order valence-electron chi connectivity index (χ0n) is 20.5. The van der Waals surface area contributed by atoms with Gasteiger partial charge in [0, 0.05) is 36.8 Å². The average Bonchev–Trinajstić information content (AvgIpc) is 2.83. The van der Waals surface area contributed by atoms with Crippen molar-refractivity contribution in [3.63, 3.8) is 0 Å². The summed E-state index contributed by atoms with van der Waals surface area (Å²) in [5, 5.41) is 12.0. The van der Waals surface area contributed by atoms with Crippen molar-refractivity contribution in [2.24, 2.45) is 10.8 Å². The first-order valence-electron chi connectivity index (χ1n) is 12.4. The summed E-state index contributed by atoms with van der Waals surface area (Å²) < 4.78 is 0. The van der Waals surface area contributed by atoms with Crippen LogP contribution in [0.2, 0.25) is 0 Å². The molecule has 4 rings (SSSR count). The fraction of sp³-hybridized carbons (Fsp3) is 0.387. The molecule has 3 aromatic rings. The van der Waals surface area contributed by atoms with Gasteiger partial charge in [-0.05, 0) is 43.0 Å². The Bertz CT molecular complexity index is 1050. The van der Waals surface area contributed by atoms with Crippen molar-refractivity contribution in [3.05, 3.63) is 108 Å². The molecule has 3 unspecified atom stereocenters. The predicted molar refractivity (Wildman–Crippen MR) is 138 cm³/mol. The standard InChI is InChI=1S/C31H37NO2/c1-30(20-26-14-8-4-9-15-26)21-28(33)22-31(29(30)34,19-18-25-12-6-3-7-13-25)24-32(2)23-27-16-10-5-11-17-27/h3-17,29,34H,18-24H2,1-2H3. The molecule has 1 saturated carbocycles. The monoisotopic (exact) mass is 455 g/mol. The van der Waals surface area contributed by atoms with E-state index in [0.29, 0.717) is 25.8 Å². The number of Topliss-reactive ketones (excluding diaryl/α,β-unsaturated/α-hetero) is 1. The van der Waals surface area contributed by atoms with E-state index in [9.17, 15) is 9.90 Å². The highest BCUT2D eigenvalue weighted by molar-refractivity contribution is 5.81. The summed E-state index contributed by atoms with van der Waals surface area (Å²) >= 11 is 0. The molecule has 0 heterocycles. The minimum Gasteiger partial charge on any atom is -0.392 e. The Morgan fingerprint density at radius 2 is 1.35 bits per heavy atom. The maximum absolute atomic E-state index is 13.3. The Morgan fingerprint density at radius 3 is 1.94 bits per heavy atom. The Balaban J connectivity index is 1.62. The second-order valence-electron chi connectivity index (χ2n) is 10.6. The number of carbonyl (C=O) groups excluding carboxylic acids is 1. The second kappa shape index (κ2) is 10.7. The van der Waals surface area contributed by atoms with Gasteiger partial charge in [0.05, 0.1) is 6.10 Å². The van der Waals surface area contributed by atoms with Gasteiger partial charge in [0.15, 0.2) is 0 Å². The van der Waals surface area contributed by atoms with Gasteiger partial charge in [0.2, 0.25) is 0 Å². The number of hydrogen-bond acceptors (Lipinski definition) is 3. The third kappa shape index (κ3) is 5.84. The van der Waals surface area contributed by atoms with E-state index in [1.165, 1.54) is 16.7 Å². The molecule has 0 amide bonds. The maximum atomic E-state index is 13.3. The number of carbonyl (C=O) groups is 1. The molecule has 1 N–H and O–H groups in total. The van der Waals surface area contributed by atoms with Crippen LogP contribution in [0.5, 0.6) is 0 Å². The molecule has 0 bridgehead atoms. The van der Waals surface area contributed by atoms with E-state index in [1.807, 2.05) is 30.3 Å². The molecule has 1 aliphatic rings. The van der Waals surface area contributed by atoms with Crippen LogP contribution in [0.3, 0.4) is 0 Å². The summed E-state index contributed by atoms with van der Waals surface area (Å²) in [6.07, 6.45) is 2.64. The zero-order chi connectivity index (χ0) is 24.0. The topological polar surface area (TPSA) is 40.5 Å². The summed E-state index contributed by atoms with van der Waals surface area (Å²) in [5.74, 6) is 0.268. The van der Waals surface area contributed by atoms with Gasteiger partial charge in [0.1, 0.15) is 5.78 Å². The summed E-state index contributed by atoms with van der Waals surface area (Å²) in [6.45, 7) is 3.59. The molecule has 0 aliphatic heterocycles. The van der Waals surface area contributed by atoms with Crippen LogP contribution in [-0.2, 0) is 24.2 Å². The van der Waals surface area contributed by atoms with E-state index >= 15 is 0 Å². The van der Waals surface area contributed by atoms with Crippen LogP contribution >= 0.6 is 0 Å². The Morgan fingerprint density at radius 1 is 0.824 bits per heavy atom. The van der Waals surface area contributed by atoms with Gasteiger partial charge >= 0.3 is 0 Å². The van der Waals surface area contributed by atoms with Crippen molar-refractivity contribution in [2.75, 3.05) is 13.6 Å². The third-order valence-electron chi connectivity index (χ3n) is 7.48. The van der Waals surface area contributed by atoms with Crippen LogP contribution < -0.4 is 0 Å². The number of nitrogens with zero attached hydrogens (tertiary/aromatic N) is 1. The highest BCUT2D eigenvalue weighted by Crippen LogP contribution is 2.49. The van der Waals surface area contributed by atoms with Gasteiger partial charge in [-0.3, -0.25) is 4.79 Å². The Labute approximate surface area is 204 Å². The molecule has 1 aliphatic carbocycles. The van der Waals surface area contributed by atoms with Crippen molar-refractivity contribution in [1.82, 2.24) is 4.90 Å². The lowest BCUT2D eigenvalue weighted by atomic mass is 9.56. The van der Waals surface area contributed by atoms with Crippen molar-refractivity contribution in [1.29, 1.82) is 0 Å². The van der Waals surface area contributed by atoms with Gasteiger partial charge in [-0.25, -0.2) is 0 Å². The van der Waals surface area contributed by atoms with Crippen molar-refractivity contribution in [2.45, 2.75) is 51.7 Å². The van der Waals surface area contributed by atoms with E-state index in [4.69, 9.17) is 0 Å². The lowest BCUT2D eigenvalue weighted by molar-refractivity contribution is -0.150. The van der Waals surface area contributed by atoms with Crippen LogP contribution in [0.1, 0.15) is 42.9 Å². The first-order valence-corrected chi connectivity index (χ1v) is 12.4. The summed E-state index contributed by atoms with van der Waals surface area (Å²) in [6, 6.07) is 31.1. The van der Waals surface area contributed by atoms with E-state index in [-0.39, 0.29) is 5.78 Å². The Hall–Kier alpha value is -2.75. The predicted octanol–water partition coefficient (Wildman–Crippen LogP) is 5.71. The third-order valence-corrected chi connectivity index (χ3v) is 7.48. The SMILES string of the molecule is CN(Cc1ccccc1)CC1(CCc2ccccc2)CC(=O)CC(C)(Cc2ccccc2)C1O. The fourth-order valence-corrected chi connectivity index (χ4v) is 6.03. The fourth-order valence-electron chi connectivity index (χ4n) is 6.03. The number of rotatable bonds is 9. The maximum Gasteiger partial charge on any atom is 0.134 e. The van der Waals surface area contributed by atoms with E-state index < -0.39 is 16.9 Å². The Kier molecular flexibility index (Phi) is 7.65. The van der Waals surface area contributed by atoms with Crippen molar-refractivity contribution < 1.29 is 9.90 Å². The number of hydrogen-bond donors (Lipinski definition) is 1. The molecule has 0 radical (unpaired) electrons. The number of aryl methyl sites for hydroxylation is 1. The molecule has 3 heteroatoms. The molecule has 0 spiro atoms. The average molecular weight is 456 g/mol. The highest BCUT2D eigenvalue weighted by Gasteiger charge is 2.53. The smallest absolute Gasteiger partial charge is 0.134 e. The zero-order valence-corrected chi connectivity index (χ0v) is 20.5. The molecule has 0 aromatic heterocycles. The summed E-state index contributed by atoms with van der Waals surface area (Å²) in [5.41, 5.74) is 2.70. The molecule has 3 aromatic carbocycles. The van der Waals surface area contributed by atoms with Crippen LogP contribution in [0.15, 0.2) is 91.0 Å². The van der Waals surface area contributed by atoms with Gasteiger partial charge in [-0.1, -0.05) is 97.9 Å². The second-order valence-corrected chi connectivity index (χ2v) is 10.6. The van der Waals surface area contributed by atoms with Crippen molar-refractivity contribution in [3.8, 4) is 0 Å². The van der Waals surface area contributed by atoms with Crippen LogP contribution in [0.25, 0.3) is 0 Å². The van der Waals surface area contributed by atoms with Gasteiger partial charge in [-0.15, -0.1) is 0 Å². The molecular formula is C31H37NO2. The number of ketones is 1. The molecule has 178 valence electrons. The largest absolute Gasteiger partial charge is 0.392 e. The van der Waals surface area contributed by atoms with E-state index in [1.54, 1.807) is 0 Å². The highest BCUT2D eigenvalue weighted by atomic mass is 16.3. The molecule has 1 fully saturated rings. The van der Waals surface area contributed by atoms with E-state index in [0.717, 1.165) is 19.4 Å². The summed E-state index contributed by atoms with van der Waals surface area (Å²) in [4.78, 5) is 15.5.